The van der Waals surface area contributed by atoms with E-state index in [0.29, 0.717) is 5.56 Å². The van der Waals surface area contributed by atoms with Crippen LogP contribution in [0.5, 0.6) is 0 Å². The molecule has 1 atom stereocenters. The van der Waals surface area contributed by atoms with E-state index in [4.69, 9.17) is 4.74 Å². The van der Waals surface area contributed by atoms with Gasteiger partial charge in [0.05, 0.1) is 6.42 Å². The molecule has 8 heteroatoms. The topological polar surface area (TPSA) is 96.9 Å². The zero-order chi connectivity index (χ0) is 18.8. The number of nitrogens with one attached hydrogen (secondary N) is 2. The largest absolute Gasteiger partial charge is 0.444 e. The highest BCUT2D eigenvalue weighted by atomic mass is 79.9. The Balaban J connectivity index is 2.39. The molecule has 1 aliphatic heterocycles. The molecule has 1 aliphatic rings. The first-order chi connectivity index (χ1) is 11.5. The molecule has 1 aromatic rings. The monoisotopic (exact) mass is 409 g/mol. The molecule has 0 fully saturated rings. The molecular formula is C17H20BrN3O4. The number of amides is 2. The maximum Gasteiger partial charge on any atom is 0.414 e. The molecule has 1 aromatic carbocycles. The number of carbonyl (C=O) groups is 3. The summed E-state index contributed by atoms with van der Waals surface area (Å²) in [7, 11) is 0. The quantitative estimate of drug-likeness (QED) is 0.696. The first-order valence-corrected chi connectivity index (χ1v) is 8.48. The van der Waals surface area contributed by atoms with E-state index >= 15 is 0 Å². The lowest BCUT2D eigenvalue weighted by Crippen LogP contribution is -2.45. The fourth-order valence-electron chi connectivity index (χ4n) is 2.28. The maximum atomic E-state index is 12.6. The number of ether oxygens (including phenoxy) is 1. The second kappa shape index (κ2) is 6.95. The Kier molecular flexibility index (Phi) is 5.31. The van der Waals surface area contributed by atoms with Gasteiger partial charge in [-0.15, -0.1) is 0 Å². The number of carbonyl (C=O) groups excluding carboxylic acids is 3. The van der Waals surface area contributed by atoms with Crippen LogP contribution in [0.15, 0.2) is 33.7 Å². The predicted molar refractivity (Wildman–Crippen MR) is 96.1 cm³/mol. The standard InChI is InChI=1S/C17H20BrN3O4/c1-16(2,3)25-15(24)20-14-19-13(23)9-12(22)17(4,21-14)10-6-5-7-11(18)8-10/h5-8H,9H2,1-4H3,(H2,19,20,21,23,24). The highest BCUT2D eigenvalue weighted by Gasteiger charge is 2.39. The number of hydrogen-bond donors (Lipinski definition) is 2. The molecule has 0 spiro atoms. The average Bonchev–Trinajstić information content (AvgIpc) is 2.54. The van der Waals surface area contributed by atoms with E-state index in [1.807, 2.05) is 6.07 Å². The predicted octanol–water partition coefficient (Wildman–Crippen LogP) is 2.63. The Labute approximate surface area is 154 Å². The zero-order valence-corrected chi connectivity index (χ0v) is 16.1. The van der Waals surface area contributed by atoms with Gasteiger partial charge in [0.25, 0.3) is 0 Å². The second-order valence-electron chi connectivity index (χ2n) is 6.82. The number of nitrogens with zero attached hydrogens (tertiary/aromatic N) is 1. The SMILES string of the molecule is CC(C)(C)OC(=O)NC1=NC(C)(c2cccc(Br)c2)C(=O)CC(=O)N1. The minimum atomic E-state index is -1.31. The van der Waals surface area contributed by atoms with Gasteiger partial charge in [0.1, 0.15) is 11.1 Å². The minimum Gasteiger partial charge on any atom is -0.444 e. The van der Waals surface area contributed by atoms with Crippen LogP contribution in [-0.4, -0.2) is 29.3 Å². The van der Waals surface area contributed by atoms with Crippen molar-refractivity contribution in [1.29, 1.82) is 0 Å². The third kappa shape index (κ3) is 4.88. The number of ketones is 1. The van der Waals surface area contributed by atoms with Crippen molar-refractivity contribution in [3.63, 3.8) is 0 Å². The summed E-state index contributed by atoms with van der Waals surface area (Å²) >= 11 is 3.36. The average molecular weight is 410 g/mol. The Morgan fingerprint density at radius 2 is 2.04 bits per heavy atom. The Hall–Kier alpha value is -2.22. The molecule has 2 amide bonds. The van der Waals surface area contributed by atoms with Crippen LogP contribution in [0.2, 0.25) is 0 Å². The van der Waals surface area contributed by atoms with E-state index in [0.717, 1.165) is 4.47 Å². The van der Waals surface area contributed by atoms with Crippen molar-refractivity contribution in [2.45, 2.75) is 45.3 Å². The number of aliphatic imine (C=N–C) groups is 1. The van der Waals surface area contributed by atoms with Gasteiger partial charge in [0, 0.05) is 4.47 Å². The van der Waals surface area contributed by atoms with Gasteiger partial charge in [0.15, 0.2) is 5.78 Å². The Bertz CT molecular complexity index is 755. The van der Waals surface area contributed by atoms with Gasteiger partial charge < -0.3 is 4.74 Å². The summed E-state index contributed by atoms with van der Waals surface area (Å²) in [5.41, 5.74) is -1.41. The molecule has 7 nitrogen and oxygen atoms in total. The van der Waals surface area contributed by atoms with E-state index in [1.54, 1.807) is 45.9 Å². The maximum absolute atomic E-state index is 12.6. The van der Waals surface area contributed by atoms with Gasteiger partial charge in [-0.2, -0.15) is 0 Å². The Morgan fingerprint density at radius 3 is 2.64 bits per heavy atom. The van der Waals surface area contributed by atoms with E-state index < -0.39 is 23.1 Å². The fraction of sp³-hybridized carbons (Fsp3) is 0.412. The summed E-state index contributed by atoms with van der Waals surface area (Å²) in [5.74, 6) is -1.03. The molecule has 1 unspecified atom stereocenters. The molecule has 0 radical (unpaired) electrons. The van der Waals surface area contributed by atoms with Gasteiger partial charge in [-0.3, -0.25) is 20.2 Å². The van der Waals surface area contributed by atoms with Crippen molar-refractivity contribution in [1.82, 2.24) is 10.6 Å². The third-order valence-electron chi connectivity index (χ3n) is 3.46. The van der Waals surface area contributed by atoms with Crippen LogP contribution < -0.4 is 10.6 Å². The van der Waals surface area contributed by atoms with Crippen LogP contribution in [0.3, 0.4) is 0 Å². The van der Waals surface area contributed by atoms with Crippen LogP contribution in [0.4, 0.5) is 4.79 Å². The van der Waals surface area contributed by atoms with Crippen LogP contribution in [0.1, 0.15) is 39.7 Å². The molecule has 134 valence electrons. The van der Waals surface area contributed by atoms with Gasteiger partial charge in [-0.05, 0) is 45.4 Å². The summed E-state index contributed by atoms with van der Waals surface area (Å²) in [4.78, 5) is 40.8. The molecule has 0 aliphatic carbocycles. The third-order valence-corrected chi connectivity index (χ3v) is 3.96. The van der Waals surface area contributed by atoms with Crippen molar-refractivity contribution in [3.8, 4) is 0 Å². The minimum absolute atomic E-state index is 0.118. The summed E-state index contributed by atoms with van der Waals surface area (Å²) in [6, 6.07) is 7.09. The second-order valence-corrected chi connectivity index (χ2v) is 7.73. The molecule has 0 saturated carbocycles. The number of alkyl carbamates (subject to hydrolysis) is 1. The van der Waals surface area contributed by atoms with Gasteiger partial charge in [-0.1, -0.05) is 28.1 Å². The van der Waals surface area contributed by atoms with Crippen LogP contribution >= 0.6 is 15.9 Å². The zero-order valence-electron chi connectivity index (χ0n) is 14.5. The van der Waals surface area contributed by atoms with E-state index in [1.165, 1.54) is 0 Å². The van der Waals surface area contributed by atoms with Crippen LogP contribution in [0, 0.1) is 0 Å². The van der Waals surface area contributed by atoms with E-state index in [9.17, 15) is 14.4 Å². The van der Waals surface area contributed by atoms with Gasteiger partial charge in [-0.25, -0.2) is 9.79 Å². The normalized spacial score (nSPS) is 21.1. The summed E-state index contributed by atoms with van der Waals surface area (Å²) in [5, 5.41) is 4.83. The number of rotatable bonds is 1. The highest BCUT2D eigenvalue weighted by Crippen LogP contribution is 2.31. The lowest BCUT2D eigenvalue weighted by atomic mass is 9.87. The molecule has 2 rings (SSSR count). The molecule has 2 N–H and O–H groups in total. The summed E-state index contributed by atoms with van der Waals surface area (Å²) in [6.45, 7) is 6.76. The van der Waals surface area contributed by atoms with Crippen molar-refractivity contribution in [2.75, 3.05) is 0 Å². The highest BCUT2D eigenvalue weighted by molar-refractivity contribution is 9.10. The fourth-order valence-corrected chi connectivity index (χ4v) is 2.68. The van der Waals surface area contributed by atoms with Gasteiger partial charge in [0.2, 0.25) is 11.9 Å². The number of hydrogen-bond acceptors (Lipinski definition) is 5. The van der Waals surface area contributed by atoms with Crippen LogP contribution in [0.25, 0.3) is 0 Å². The molecule has 0 saturated heterocycles. The summed E-state index contributed by atoms with van der Waals surface area (Å²) in [6.07, 6.45) is -1.11. The number of halogens is 1. The first kappa shape index (κ1) is 19.1. The van der Waals surface area contributed by atoms with Crippen molar-refractivity contribution >= 4 is 39.7 Å². The summed E-state index contributed by atoms with van der Waals surface area (Å²) < 4.78 is 5.94. The first-order valence-electron chi connectivity index (χ1n) is 7.69. The number of benzene rings is 1. The molecule has 0 bridgehead atoms. The van der Waals surface area contributed by atoms with Gasteiger partial charge >= 0.3 is 6.09 Å². The lowest BCUT2D eigenvalue weighted by molar-refractivity contribution is -0.129. The van der Waals surface area contributed by atoms with Crippen LogP contribution in [-0.2, 0) is 19.9 Å². The van der Waals surface area contributed by atoms with Crippen molar-refractivity contribution in [3.05, 3.63) is 34.3 Å². The molecular weight excluding hydrogens is 390 g/mol. The molecule has 0 aromatic heterocycles. The number of guanidine groups is 1. The van der Waals surface area contributed by atoms with E-state index in [2.05, 4.69) is 31.6 Å². The number of Topliss-reactive ketones (excluding diaryl/α,β-unsaturated/α-hetero) is 1. The van der Waals surface area contributed by atoms with Crippen molar-refractivity contribution < 1.29 is 19.1 Å². The lowest BCUT2D eigenvalue weighted by Gasteiger charge is -2.24. The smallest absolute Gasteiger partial charge is 0.414 e. The van der Waals surface area contributed by atoms with Crippen molar-refractivity contribution in [2.24, 2.45) is 4.99 Å². The van der Waals surface area contributed by atoms with E-state index in [-0.39, 0.29) is 18.2 Å². The molecule has 25 heavy (non-hydrogen) atoms. The Morgan fingerprint density at radius 1 is 1.36 bits per heavy atom. The molecule has 1 heterocycles.